The molecular formula is C17H22N4OS. The van der Waals surface area contributed by atoms with Crippen molar-refractivity contribution < 1.29 is 4.74 Å². The minimum atomic E-state index is 0.521. The first-order valence-corrected chi connectivity index (χ1v) is 9.17. The molecule has 0 unspecified atom stereocenters. The van der Waals surface area contributed by atoms with Crippen molar-refractivity contribution in [2.75, 3.05) is 11.9 Å². The van der Waals surface area contributed by atoms with Crippen molar-refractivity contribution in [3.63, 3.8) is 0 Å². The number of rotatable bonds is 7. The van der Waals surface area contributed by atoms with Crippen LogP contribution in [0.1, 0.15) is 53.0 Å². The number of hydrogen-bond donors (Lipinski definition) is 1. The lowest BCUT2D eigenvalue weighted by Crippen LogP contribution is -2.07. The van der Waals surface area contributed by atoms with Gasteiger partial charge in [-0.25, -0.2) is 9.97 Å². The Morgan fingerprint density at radius 2 is 2.00 bits per heavy atom. The molecule has 1 N–H and O–H groups in total. The summed E-state index contributed by atoms with van der Waals surface area (Å²) in [4.78, 5) is 15.0. The van der Waals surface area contributed by atoms with Gasteiger partial charge in [0.05, 0.1) is 23.9 Å². The van der Waals surface area contributed by atoms with Gasteiger partial charge in [0.25, 0.3) is 0 Å². The second-order valence-electron chi connectivity index (χ2n) is 6.57. The molecule has 2 aliphatic carbocycles. The van der Waals surface area contributed by atoms with Gasteiger partial charge in [-0.15, -0.1) is 11.3 Å². The number of ether oxygens (including phenoxy) is 1. The summed E-state index contributed by atoms with van der Waals surface area (Å²) in [6.07, 6.45) is 4.96. The lowest BCUT2D eigenvalue weighted by molar-refractivity contribution is 0.287. The summed E-state index contributed by atoms with van der Waals surface area (Å²) in [5.41, 5.74) is 1.10. The van der Waals surface area contributed by atoms with E-state index in [1.807, 2.05) is 13.0 Å². The third kappa shape index (κ3) is 3.80. The molecule has 2 aliphatic rings. The quantitative estimate of drug-likeness (QED) is 0.836. The van der Waals surface area contributed by atoms with Gasteiger partial charge in [-0.05, 0) is 45.4 Å². The first-order chi connectivity index (χ1) is 11.2. The topological polar surface area (TPSA) is 59.9 Å². The molecule has 2 aromatic heterocycles. The molecule has 0 amide bonds. The molecule has 0 aliphatic heterocycles. The van der Waals surface area contributed by atoms with Crippen LogP contribution in [0.3, 0.4) is 0 Å². The number of anilines is 1. The second-order valence-corrected chi connectivity index (χ2v) is 7.86. The van der Waals surface area contributed by atoms with Gasteiger partial charge in [0.2, 0.25) is 5.88 Å². The van der Waals surface area contributed by atoms with Gasteiger partial charge in [0.1, 0.15) is 11.6 Å². The monoisotopic (exact) mass is 330 g/mol. The molecule has 2 aromatic rings. The normalized spacial score (nSPS) is 17.3. The van der Waals surface area contributed by atoms with Crippen molar-refractivity contribution in [3.05, 3.63) is 27.5 Å². The molecule has 2 heterocycles. The summed E-state index contributed by atoms with van der Waals surface area (Å²) in [6.45, 7) is 5.63. The summed E-state index contributed by atoms with van der Waals surface area (Å²) in [6, 6.07) is 1.93. The van der Waals surface area contributed by atoms with Gasteiger partial charge in [-0.1, -0.05) is 0 Å². The SMILES string of the molecule is Cc1nc(C)c(CNc2cc(OCC3CC3)nc(C3CC3)n2)s1. The molecule has 23 heavy (non-hydrogen) atoms. The van der Waals surface area contributed by atoms with Crippen molar-refractivity contribution in [3.8, 4) is 5.88 Å². The Bertz CT molecular complexity index is 707. The van der Waals surface area contributed by atoms with Crippen molar-refractivity contribution in [2.45, 2.75) is 52.0 Å². The number of aromatic nitrogens is 3. The highest BCUT2D eigenvalue weighted by Gasteiger charge is 2.28. The predicted molar refractivity (Wildman–Crippen MR) is 91.1 cm³/mol. The van der Waals surface area contributed by atoms with E-state index in [1.54, 1.807) is 11.3 Å². The van der Waals surface area contributed by atoms with Crippen molar-refractivity contribution in [2.24, 2.45) is 5.92 Å². The number of aryl methyl sites for hydroxylation is 2. The maximum absolute atomic E-state index is 5.87. The van der Waals surface area contributed by atoms with Crippen LogP contribution < -0.4 is 10.1 Å². The smallest absolute Gasteiger partial charge is 0.218 e. The molecular weight excluding hydrogens is 308 g/mol. The summed E-state index contributed by atoms with van der Waals surface area (Å²) in [5, 5.41) is 4.53. The van der Waals surface area contributed by atoms with Gasteiger partial charge in [-0.2, -0.15) is 4.98 Å². The van der Waals surface area contributed by atoms with Crippen LogP contribution in [0.2, 0.25) is 0 Å². The Morgan fingerprint density at radius 1 is 1.17 bits per heavy atom. The van der Waals surface area contributed by atoms with Crippen molar-refractivity contribution >= 4 is 17.2 Å². The summed E-state index contributed by atoms with van der Waals surface area (Å²) in [7, 11) is 0. The first kappa shape index (κ1) is 14.9. The van der Waals surface area contributed by atoms with Crippen LogP contribution in [0, 0.1) is 19.8 Å². The number of nitrogens with one attached hydrogen (secondary N) is 1. The molecule has 0 aromatic carbocycles. The maximum atomic E-state index is 5.87. The molecule has 4 rings (SSSR count). The summed E-state index contributed by atoms with van der Waals surface area (Å²) >= 11 is 1.73. The largest absolute Gasteiger partial charge is 0.477 e. The number of hydrogen-bond acceptors (Lipinski definition) is 6. The Hall–Kier alpha value is -1.69. The minimum absolute atomic E-state index is 0.521. The van der Waals surface area contributed by atoms with Crippen molar-refractivity contribution in [1.82, 2.24) is 15.0 Å². The van der Waals surface area contributed by atoms with E-state index in [2.05, 4.69) is 27.2 Å². The van der Waals surface area contributed by atoms with E-state index in [0.717, 1.165) is 41.4 Å². The molecule has 0 spiro atoms. The van der Waals surface area contributed by atoms with Crippen LogP contribution in [0.4, 0.5) is 5.82 Å². The van der Waals surface area contributed by atoms with E-state index in [-0.39, 0.29) is 0 Å². The zero-order valence-electron chi connectivity index (χ0n) is 13.6. The van der Waals surface area contributed by atoms with Crippen LogP contribution in [0.15, 0.2) is 6.07 Å². The highest BCUT2D eigenvalue weighted by molar-refractivity contribution is 7.11. The Kier molecular flexibility index (Phi) is 3.93. The Morgan fingerprint density at radius 3 is 2.65 bits per heavy atom. The molecule has 0 saturated heterocycles. The highest BCUT2D eigenvalue weighted by Crippen LogP contribution is 2.39. The van der Waals surface area contributed by atoms with Gasteiger partial charge >= 0.3 is 0 Å². The molecule has 2 saturated carbocycles. The zero-order chi connectivity index (χ0) is 15.8. The van der Waals surface area contributed by atoms with E-state index in [4.69, 9.17) is 4.74 Å². The average molecular weight is 330 g/mol. The third-order valence-corrected chi connectivity index (χ3v) is 5.33. The predicted octanol–water partition coefficient (Wildman–Crippen LogP) is 3.83. The van der Waals surface area contributed by atoms with E-state index in [1.165, 1.54) is 30.6 Å². The fourth-order valence-electron chi connectivity index (χ4n) is 2.53. The van der Waals surface area contributed by atoms with Crippen LogP contribution in [0.5, 0.6) is 5.88 Å². The van der Waals surface area contributed by atoms with Gasteiger partial charge in [0.15, 0.2) is 0 Å². The Balaban J connectivity index is 1.48. The van der Waals surface area contributed by atoms with Gasteiger partial charge in [0, 0.05) is 16.9 Å². The average Bonchev–Trinajstić information content (AvgIpc) is 3.43. The van der Waals surface area contributed by atoms with E-state index in [9.17, 15) is 0 Å². The van der Waals surface area contributed by atoms with Gasteiger partial charge in [-0.3, -0.25) is 0 Å². The molecule has 0 bridgehead atoms. The molecule has 0 radical (unpaired) electrons. The number of thiazole rings is 1. The van der Waals surface area contributed by atoms with Crippen LogP contribution in [-0.2, 0) is 6.54 Å². The standard InChI is InChI=1S/C17H22N4OS/c1-10-14(23-11(2)19-10)8-18-15-7-16(22-9-12-3-4-12)21-17(20-15)13-5-6-13/h7,12-13H,3-6,8-9H2,1-2H3,(H,18,20,21). The molecule has 5 nitrogen and oxygen atoms in total. The second kappa shape index (κ2) is 6.07. The molecule has 2 fully saturated rings. The first-order valence-electron chi connectivity index (χ1n) is 8.36. The number of nitrogens with zero attached hydrogens (tertiary/aromatic N) is 3. The zero-order valence-corrected chi connectivity index (χ0v) is 14.4. The lowest BCUT2D eigenvalue weighted by atomic mass is 10.3. The maximum Gasteiger partial charge on any atom is 0.218 e. The van der Waals surface area contributed by atoms with Crippen LogP contribution in [-0.4, -0.2) is 21.6 Å². The Labute approximate surface area is 140 Å². The van der Waals surface area contributed by atoms with Crippen LogP contribution in [0.25, 0.3) is 0 Å². The van der Waals surface area contributed by atoms with E-state index in [0.29, 0.717) is 11.8 Å². The summed E-state index contributed by atoms with van der Waals surface area (Å²) < 4.78 is 5.87. The van der Waals surface area contributed by atoms with Gasteiger partial charge < -0.3 is 10.1 Å². The van der Waals surface area contributed by atoms with E-state index < -0.39 is 0 Å². The molecule has 0 atom stereocenters. The minimum Gasteiger partial charge on any atom is -0.477 e. The fraction of sp³-hybridized carbons (Fsp3) is 0.588. The van der Waals surface area contributed by atoms with Crippen molar-refractivity contribution in [1.29, 1.82) is 0 Å². The molecule has 6 heteroatoms. The van der Waals surface area contributed by atoms with E-state index >= 15 is 0 Å². The summed E-state index contributed by atoms with van der Waals surface area (Å²) in [5.74, 6) is 3.76. The lowest BCUT2D eigenvalue weighted by Gasteiger charge is -2.10. The molecule has 122 valence electrons. The fourth-order valence-corrected chi connectivity index (χ4v) is 3.40. The third-order valence-electron chi connectivity index (χ3n) is 4.26. The highest BCUT2D eigenvalue weighted by atomic mass is 32.1. The van der Waals surface area contributed by atoms with Crippen LogP contribution >= 0.6 is 11.3 Å².